The Hall–Kier alpha value is -1.18. The number of ether oxygens (including phenoxy) is 2. The van der Waals surface area contributed by atoms with Crippen LogP contribution < -0.4 is 9.47 Å². The van der Waals surface area contributed by atoms with Gasteiger partial charge in [-0.15, -0.1) is 0 Å². The lowest BCUT2D eigenvalue weighted by Crippen LogP contribution is -2.33. The monoisotopic (exact) mass is 191 g/mol. The Labute approximate surface area is 84.8 Å². The standard InChI is InChI=1S/C12H15O2/c1-12(2)7-6-9-8-10(13-3)4-5-11(9)14-12/h4-5,7-8H,6H2,1-3H3. The molecular formula is C12H15O2. The maximum Gasteiger partial charge on any atom is 0.123 e. The van der Waals surface area contributed by atoms with Crippen LogP contribution in [0.15, 0.2) is 18.2 Å². The van der Waals surface area contributed by atoms with Crippen LogP contribution in [-0.4, -0.2) is 12.7 Å². The highest BCUT2D eigenvalue weighted by atomic mass is 16.5. The van der Waals surface area contributed by atoms with E-state index in [1.54, 1.807) is 7.11 Å². The van der Waals surface area contributed by atoms with E-state index in [0.29, 0.717) is 0 Å². The summed E-state index contributed by atoms with van der Waals surface area (Å²) in [4.78, 5) is 0. The highest BCUT2D eigenvalue weighted by Crippen LogP contribution is 2.34. The summed E-state index contributed by atoms with van der Waals surface area (Å²) in [5.74, 6) is 1.86. The number of fused-ring (bicyclic) bond motifs is 1. The molecular weight excluding hydrogens is 176 g/mol. The molecule has 1 radical (unpaired) electrons. The van der Waals surface area contributed by atoms with Crippen molar-refractivity contribution in [1.82, 2.24) is 0 Å². The third-order valence-electron chi connectivity index (χ3n) is 2.45. The van der Waals surface area contributed by atoms with Gasteiger partial charge in [-0.25, -0.2) is 0 Å². The third kappa shape index (κ3) is 1.69. The number of benzene rings is 1. The molecule has 1 aliphatic heterocycles. The van der Waals surface area contributed by atoms with Gasteiger partial charge in [0.2, 0.25) is 0 Å². The molecule has 0 saturated heterocycles. The Kier molecular flexibility index (Phi) is 2.14. The van der Waals surface area contributed by atoms with Crippen molar-refractivity contribution < 1.29 is 9.47 Å². The van der Waals surface area contributed by atoms with Gasteiger partial charge in [0.05, 0.1) is 7.11 Å². The van der Waals surface area contributed by atoms with Gasteiger partial charge >= 0.3 is 0 Å². The normalized spacial score (nSPS) is 18.2. The molecule has 0 aromatic heterocycles. The molecule has 1 aromatic carbocycles. The zero-order chi connectivity index (χ0) is 10.2. The van der Waals surface area contributed by atoms with Crippen LogP contribution in [0.25, 0.3) is 0 Å². The molecule has 0 unspecified atom stereocenters. The van der Waals surface area contributed by atoms with Crippen molar-refractivity contribution in [3.05, 3.63) is 30.2 Å². The van der Waals surface area contributed by atoms with Crippen LogP contribution in [0.3, 0.4) is 0 Å². The first-order chi connectivity index (χ1) is 6.61. The summed E-state index contributed by atoms with van der Waals surface area (Å²) in [5.41, 5.74) is 1.05. The van der Waals surface area contributed by atoms with Crippen molar-refractivity contribution in [3.63, 3.8) is 0 Å². The summed E-state index contributed by atoms with van der Waals surface area (Å²) in [6, 6.07) is 5.93. The first kappa shape index (κ1) is 9.38. The molecule has 1 heterocycles. The molecule has 1 aromatic rings. The quantitative estimate of drug-likeness (QED) is 0.679. The van der Waals surface area contributed by atoms with Crippen LogP contribution in [0, 0.1) is 6.42 Å². The molecule has 14 heavy (non-hydrogen) atoms. The average molecular weight is 191 g/mol. The summed E-state index contributed by atoms with van der Waals surface area (Å²) < 4.78 is 11.0. The summed E-state index contributed by atoms with van der Waals surface area (Å²) in [6.07, 6.45) is 3.12. The van der Waals surface area contributed by atoms with E-state index >= 15 is 0 Å². The van der Waals surface area contributed by atoms with Gasteiger partial charge < -0.3 is 9.47 Å². The zero-order valence-corrected chi connectivity index (χ0v) is 8.83. The molecule has 0 spiro atoms. The second-order valence-corrected chi connectivity index (χ2v) is 4.09. The summed E-state index contributed by atoms with van der Waals surface area (Å²) in [6.45, 7) is 4.14. The van der Waals surface area contributed by atoms with Crippen molar-refractivity contribution in [2.75, 3.05) is 7.11 Å². The molecule has 2 nitrogen and oxygen atoms in total. The second-order valence-electron chi connectivity index (χ2n) is 4.09. The van der Waals surface area contributed by atoms with Crippen molar-refractivity contribution in [1.29, 1.82) is 0 Å². The molecule has 0 aliphatic carbocycles. The van der Waals surface area contributed by atoms with Crippen LogP contribution in [0.1, 0.15) is 19.4 Å². The summed E-state index contributed by atoms with van der Waals surface area (Å²) in [5, 5.41) is 0. The first-order valence-corrected chi connectivity index (χ1v) is 4.81. The fourth-order valence-corrected chi connectivity index (χ4v) is 1.62. The van der Waals surface area contributed by atoms with Crippen molar-refractivity contribution >= 4 is 0 Å². The van der Waals surface area contributed by atoms with E-state index in [1.807, 2.05) is 18.2 Å². The van der Waals surface area contributed by atoms with E-state index in [1.165, 1.54) is 5.56 Å². The van der Waals surface area contributed by atoms with E-state index in [0.717, 1.165) is 17.9 Å². The number of hydrogen-bond donors (Lipinski definition) is 0. The third-order valence-corrected chi connectivity index (χ3v) is 2.45. The van der Waals surface area contributed by atoms with Gasteiger partial charge in [0, 0.05) is 6.42 Å². The van der Waals surface area contributed by atoms with Gasteiger partial charge in [-0.1, -0.05) is 0 Å². The van der Waals surface area contributed by atoms with Gasteiger partial charge in [0.25, 0.3) is 0 Å². The molecule has 0 fully saturated rings. The Bertz CT molecular complexity index is 342. The average Bonchev–Trinajstić information content (AvgIpc) is 2.16. The number of methoxy groups -OCH3 is 1. The van der Waals surface area contributed by atoms with Crippen LogP contribution in [0.5, 0.6) is 11.5 Å². The van der Waals surface area contributed by atoms with Crippen LogP contribution in [0.4, 0.5) is 0 Å². The second kappa shape index (κ2) is 3.19. The van der Waals surface area contributed by atoms with Crippen molar-refractivity contribution in [3.8, 4) is 11.5 Å². The van der Waals surface area contributed by atoms with Crippen LogP contribution in [0.2, 0.25) is 0 Å². The Morgan fingerprint density at radius 1 is 1.36 bits per heavy atom. The van der Waals surface area contributed by atoms with Crippen LogP contribution in [-0.2, 0) is 6.42 Å². The van der Waals surface area contributed by atoms with Crippen molar-refractivity contribution in [2.24, 2.45) is 0 Å². The molecule has 0 N–H and O–H groups in total. The topological polar surface area (TPSA) is 18.5 Å². The van der Waals surface area contributed by atoms with Crippen LogP contribution >= 0.6 is 0 Å². The summed E-state index contributed by atoms with van der Waals surface area (Å²) in [7, 11) is 1.68. The Balaban J connectivity index is 2.32. The largest absolute Gasteiger partial charge is 0.497 e. The molecule has 0 bridgehead atoms. The predicted octanol–water partition coefficient (Wildman–Crippen LogP) is 2.61. The minimum absolute atomic E-state index is 0.151. The maximum atomic E-state index is 5.81. The molecule has 0 saturated carbocycles. The SMILES string of the molecule is COc1ccc2c(c1)C[CH]C(C)(C)O2. The predicted molar refractivity (Wildman–Crippen MR) is 55.7 cm³/mol. The molecule has 2 heteroatoms. The number of hydrogen-bond acceptors (Lipinski definition) is 2. The zero-order valence-electron chi connectivity index (χ0n) is 8.83. The minimum atomic E-state index is -0.151. The van der Waals surface area contributed by atoms with Gasteiger partial charge in [-0.2, -0.15) is 0 Å². The van der Waals surface area contributed by atoms with Gasteiger partial charge in [0.1, 0.15) is 17.1 Å². The fourth-order valence-electron chi connectivity index (χ4n) is 1.62. The lowest BCUT2D eigenvalue weighted by Gasteiger charge is -2.32. The maximum absolute atomic E-state index is 5.81. The molecule has 0 amide bonds. The Morgan fingerprint density at radius 3 is 2.86 bits per heavy atom. The van der Waals surface area contributed by atoms with E-state index in [2.05, 4.69) is 20.3 Å². The van der Waals surface area contributed by atoms with E-state index in [9.17, 15) is 0 Å². The smallest absolute Gasteiger partial charge is 0.123 e. The highest BCUT2D eigenvalue weighted by Gasteiger charge is 2.26. The molecule has 75 valence electrons. The molecule has 0 atom stereocenters. The lowest BCUT2D eigenvalue weighted by molar-refractivity contribution is 0.129. The number of rotatable bonds is 1. The highest BCUT2D eigenvalue weighted by molar-refractivity contribution is 5.43. The van der Waals surface area contributed by atoms with E-state index < -0.39 is 0 Å². The van der Waals surface area contributed by atoms with Gasteiger partial charge in [-0.3, -0.25) is 0 Å². The van der Waals surface area contributed by atoms with Gasteiger partial charge in [-0.05, 0) is 44.0 Å². The van der Waals surface area contributed by atoms with Gasteiger partial charge in [0.15, 0.2) is 0 Å². The Morgan fingerprint density at radius 2 is 2.14 bits per heavy atom. The van der Waals surface area contributed by atoms with E-state index in [4.69, 9.17) is 9.47 Å². The van der Waals surface area contributed by atoms with Crippen molar-refractivity contribution in [2.45, 2.75) is 25.9 Å². The minimum Gasteiger partial charge on any atom is -0.497 e. The summed E-state index contributed by atoms with van der Waals surface area (Å²) >= 11 is 0. The molecule has 2 rings (SSSR count). The fraction of sp³-hybridized carbons (Fsp3) is 0.417. The molecule has 1 aliphatic rings. The first-order valence-electron chi connectivity index (χ1n) is 4.81. The van der Waals surface area contributed by atoms with E-state index in [-0.39, 0.29) is 5.60 Å². The lowest BCUT2D eigenvalue weighted by atomic mass is 9.94.